The van der Waals surface area contributed by atoms with E-state index in [1.165, 1.54) is 34.1 Å². The van der Waals surface area contributed by atoms with Crippen molar-refractivity contribution in [2.75, 3.05) is 13.1 Å². The summed E-state index contributed by atoms with van der Waals surface area (Å²) < 4.78 is 2.41. The summed E-state index contributed by atoms with van der Waals surface area (Å²) in [6.45, 7) is 7.21. The first kappa shape index (κ1) is 15.8. The summed E-state index contributed by atoms with van der Waals surface area (Å²) in [5, 5.41) is 1.36. The van der Waals surface area contributed by atoms with Gasteiger partial charge in [0.05, 0.1) is 0 Å². The molecule has 0 saturated carbocycles. The maximum atomic E-state index is 4.12. The Kier molecular flexibility index (Phi) is 4.43. The van der Waals surface area contributed by atoms with Gasteiger partial charge in [0.25, 0.3) is 0 Å². The number of fused-ring (bicyclic) bond motifs is 1. The van der Waals surface area contributed by atoms with E-state index < -0.39 is 0 Å². The zero-order chi connectivity index (χ0) is 17.1. The SMILES string of the molecule is C=Cc1c(CCN2C=CCC2)c2ccccc2n1Cc1ccccc1. The van der Waals surface area contributed by atoms with Crippen LogP contribution in [0.15, 0.2) is 73.5 Å². The molecule has 2 nitrogen and oxygen atoms in total. The van der Waals surface area contributed by atoms with Gasteiger partial charge in [0, 0.05) is 36.2 Å². The topological polar surface area (TPSA) is 8.17 Å². The van der Waals surface area contributed by atoms with E-state index in [1.807, 2.05) is 6.08 Å². The summed E-state index contributed by atoms with van der Waals surface area (Å²) in [6.07, 6.45) is 8.74. The van der Waals surface area contributed by atoms with Gasteiger partial charge in [-0.1, -0.05) is 61.2 Å². The van der Waals surface area contributed by atoms with E-state index in [0.29, 0.717) is 0 Å². The van der Waals surface area contributed by atoms with Gasteiger partial charge in [-0.3, -0.25) is 0 Å². The van der Waals surface area contributed by atoms with Crippen LogP contribution < -0.4 is 0 Å². The minimum atomic E-state index is 0.881. The molecule has 2 aromatic carbocycles. The summed E-state index contributed by atoms with van der Waals surface area (Å²) in [4.78, 5) is 2.41. The van der Waals surface area contributed by atoms with E-state index >= 15 is 0 Å². The van der Waals surface area contributed by atoms with Gasteiger partial charge in [0.1, 0.15) is 0 Å². The molecule has 0 aliphatic carbocycles. The van der Waals surface area contributed by atoms with Gasteiger partial charge in [-0.2, -0.15) is 0 Å². The predicted molar refractivity (Wildman–Crippen MR) is 107 cm³/mol. The van der Waals surface area contributed by atoms with Crippen LogP contribution >= 0.6 is 0 Å². The number of hydrogen-bond donors (Lipinski definition) is 0. The molecule has 0 bridgehead atoms. The largest absolute Gasteiger partial charge is 0.377 e. The van der Waals surface area contributed by atoms with Crippen LogP contribution in [-0.4, -0.2) is 22.6 Å². The van der Waals surface area contributed by atoms with Crippen molar-refractivity contribution in [2.24, 2.45) is 0 Å². The summed E-state index contributed by atoms with van der Waals surface area (Å²) >= 11 is 0. The highest BCUT2D eigenvalue weighted by Crippen LogP contribution is 2.29. The Hall–Kier alpha value is -2.74. The van der Waals surface area contributed by atoms with Crippen LogP contribution in [0.1, 0.15) is 23.2 Å². The zero-order valence-corrected chi connectivity index (χ0v) is 14.6. The number of hydrogen-bond acceptors (Lipinski definition) is 1. The van der Waals surface area contributed by atoms with Crippen LogP contribution in [0.25, 0.3) is 17.0 Å². The van der Waals surface area contributed by atoms with Crippen molar-refractivity contribution < 1.29 is 0 Å². The van der Waals surface area contributed by atoms with E-state index in [0.717, 1.165) is 26.1 Å². The van der Waals surface area contributed by atoms with Gasteiger partial charge in [0.2, 0.25) is 0 Å². The molecule has 0 saturated heterocycles. The first-order chi connectivity index (χ1) is 12.4. The fourth-order valence-electron chi connectivity index (χ4n) is 3.81. The van der Waals surface area contributed by atoms with Gasteiger partial charge in [-0.25, -0.2) is 0 Å². The van der Waals surface area contributed by atoms with Crippen molar-refractivity contribution in [1.82, 2.24) is 9.47 Å². The molecular weight excluding hydrogens is 304 g/mol. The molecule has 2 heteroatoms. The minimum absolute atomic E-state index is 0.881. The van der Waals surface area contributed by atoms with Crippen LogP contribution in [0.2, 0.25) is 0 Å². The molecule has 4 rings (SSSR count). The number of para-hydroxylation sites is 1. The third-order valence-electron chi connectivity index (χ3n) is 5.05. The molecule has 25 heavy (non-hydrogen) atoms. The Morgan fingerprint density at radius 1 is 1.00 bits per heavy atom. The Balaban J connectivity index is 1.73. The van der Waals surface area contributed by atoms with E-state index in [4.69, 9.17) is 0 Å². The molecule has 0 fully saturated rings. The lowest BCUT2D eigenvalue weighted by Crippen LogP contribution is -2.17. The normalized spacial score (nSPS) is 13.7. The standard InChI is InChI=1S/C23H24N2/c1-2-22-21(14-17-24-15-8-9-16-24)20-12-6-7-13-23(20)25(22)18-19-10-4-3-5-11-19/h2-8,10-13,15H,1,9,14,16-18H2. The second-order valence-corrected chi connectivity index (χ2v) is 6.62. The maximum Gasteiger partial charge on any atom is 0.0491 e. The van der Waals surface area contributed by atoms with Crippen LogP contribution in [-0.2, 0) is 13.0 Å². The quantitative estimate of drug-likeness (QED) is 0.611. The summed E-state index contributed by atoms with van der Waals surface area (Å²) in [5.74, 6) is 0. The molecule has 0 spiro atoms. The predicted octanol–water partition coefficient (Wildman–Crippen LogP) is 5.09. The zero-order valence-electron chi connectivity index (χ0n) is 14.6. The summed E-state index contributed by atoms with van der Waals surface area (Å²) in [6, 6.07) is 19.4. The van der Waals surface area contributed by atoms with Gasteiger partial charge in [-0.05, 0) is 42.3 Å². The number of benzene rings is 2. The van der Waals surface area contributed by atoms with Crippen molar-refractivity contribution in [3.05, 3.63) is 90.3 Å². The minimum Gasteiger partial charge on any atom is -0.377 e. The van der Waals surface area contributed by atoms with Gasteiger partial charge in [0.15, 0.2) is 0 Å². The average Bonchev–Trinajstić information content (AvgIpc) is 3.27. The molecule has 1 aliphatic heterocycles. The number of aromatic nitrogens is 1. The molecule has 0 N–H and O–H groups in total. The van der Waals surface area contributed by atoms with Crippen LogP contribution in [0.3, 0.4) is 0 Å². The van der Waals surface area contributed by atoms with Crippen molar-refractivity contribution in [2.45, 2.75) is 19.4 Å². The van der Waals surface area contributed by atoms with E-state index in [2.05, 4.69) is 82.9 Å². The van der Waals surface area contributed by atoms with Crippen LogP contribution in [0.4, 0.5) is 0 Å². The van der Waals surface area contributed by atoms with Gasteiger partial charge in [-0.15, -0.1) is 0 Å². The van der Waals surface area contributed by atoms with E-state index in [-0.39, 0.29) is 0 Å². The molecular formula is C23H24N2. The van der Waals surface area contributed by atoms with E-state index in [9.17, 15) is 0 Å². The molecule has 0 amide bonds. The van der Waals surface area contributed by atoms with Gasteiger partial charge >= 0.3 is 0 Å². The first-order valence-corrected chi connectivity index (χ1v) is 9.04. The lowest BCUT2D eigenvalue weighted by Gasteiger charge is -2.15. The Bertz CT molecular complexity index is 902. The molecule has 1 aliphatic rings. The molecule has 126 valence electrons. The second-order valence-electron chi connectivity index (χ2n) is 6.62. The third-order valence-corrected chi connectivity index (χ3v) is 5.05. The molecule has 3 aromatic rings. The molecule has 0 atom stereocenters. The number of rotatable bonds is 6. The van der Waals surface area contributed by atoms with Crippen molar-refractivity contribution in [3.63, 3.8) is 0 Å². The van der Waals surface area contributed by atoms with Crippen molar-refractivity contribution in [3.8, 4) is 0 Å². The molecule has 2 heterocycles. The summed E-state index contributed by atoms with van der Waals surface area (Å²) in [7, 11) is 0. The fraction of sp³-hybridized carbons (Fsp3) is 0.217. The van der Waals surface area contributed by atoms with Crippen LogP contribution in [0, 0.1) is 0 Å². The molecule has 0 unspecified atom stereocenters. The highest BCUT2D eigenvalue weighted by atomic mass is 15.1. The monoisotopic (exact) mass is 328 g/mol. The van der Waals surface area contributed by atoms with Crippen molar-refractivity contribution in [1.29, 1.82) is 0 Å². The Labute approximate surface area is 149 Å². The Morgan fingerprint density at radius 2 is 1.80 bits per heavy atom. The maximum absolute atomic E-state index is 4.12. The van der Waals surface area contributed by atoms with E-state index in [1.54, 1.807) is 0 Å². The number of nitrogens with zero attached hydrogens (tertiary/aromatic N) is 2. The Morgan fingerprint density at radius 3 is 2.56 bits per heavy atom. The third kappa shape index (κ3) is 3.12. The molecule has 0 radical (unpaired) electrons. The highest BCUT2D eigenvalue weighted by molar-refractivity contribution is 5.88. The smallest absolute Gasteiger partial charge is 0.0491 e. The second kappa shape index (κ2) is 7.02. The lowest BCUT2D eigenvalue weighted by molar-refractivity contribution is 0.411. The fourth-order valence-corrected chi connectivity index (χ4v) is 3.81. The van der Waals surface area contributed by atoms with Crippen molar-refractivity contribution >= 4 is 17.0 Å². The first-order valence-electron chi connectivity index (χ1n) is 9.04. The summed E-state index contributed by atoms with van der Waals surface area (Å²) in [5.41, 5.74) is 5.30. The average molecular weight is 328 g/mol. The van der Waals surface area contributed by atoms with Crippen LogP contribution in [0.5, 0.6) is 0 Å². The van der Waals surface area contributed by atoms with Gasteiger partial charge < -0.3 is 9.47 Å². The molecule has 1 aromatic heterocycles. The lowest BCUT2D eigenvalue weighted by atomic mass is 10.1. The highest BCUT2D eigenvalue weighted by Gasteiger charge is 2.16.